The fourth-order valence-electron chi connectivity index (χ4n) is 4.74. The third-order valence-electron chi connectivity index (χ3n) is 8.51. The Morgan fingerprint density at radius 2 is 1.00 bits per heavy atom. The van der Waals surface area contributed by atoms with Crippen LogP contribution in [0.15, 0.2) is 23.8 Å². The minimum Gasteiger partial charge on any atom is -0.473 e. The molecule has 0 unspecified atom stereocenters. The molecule has 1 aromatic heterocycles. The summed E-state index contributed by atoms with van der Waals surface area (Å²) in [5.74, 6) is -0.518. The Labute approximate surface area is 424 Å². The van der Waals surface area contributed by atoms with E-state index in [-0.39, 0.29) is 60.2 Å². The van der Waals surface area contributed by atoms with Gasteiger partial charge in [-0.25, -0.2) is 4.68 Å². The van der Waals surface area contributed by atoms with Crippen LogP contribution in [-0.4, -0.2) is 197 Å². The molecule has 0 radical (unpaired) electrons. The number of oxime groups is 1. The number of thioether (sulfide) groups is 2. The van der Waals surface area contributed by atoms with Crippen LogP contribution in [0.4, 0.5) is 0 Å². The maximum absolute atomic E-state index is 12.2. The largest absolute Gasteiger partial charge is 0.473 e. The summed E-state index contributed by atoms with van der Waals surface area (Å²) in [6, 6.07) is 0. The van der Waals surface area contributed by atoms with Gasteiger partial charge in [0, 0.05) is 40.7 Å². The van der Waals surface area contributed by atoms with Gasteiger partial charge in [-0.2, -0.15) is 0 Å². The molecule has 0 bridgehead atoms. The molecule has 70 heavy (non-hydrogen) atoms. The predicted molar refractivity (Wildman–Crippen MR) is 272 cm³/mol. The number of hydrogen-bond acceptors (Lipinski definition) is 19. The lowest BCUT2D eigenvalue weighted by Crippen LogP contribution is -2.45. The zero-order valence-electron chi connectivity index (χ0n) is 43.4. The molecule has 0 aromatic carbocycles. The Kier molecular flexibility index (Phi) is 35.7. The molecular weight excluding hydrogens is 951 g/mol. The standard InChI is InChI=1S/C46H85N9O13S2/c1-37(47-12-13-48-40(56)29-49-41(57)30-50-42(58)31-51-43(59)34-68-53-39(35-69-45(5,6)7)36-70-46(8,9)10)67-33-38-32-55(54-52-38)14-16-61-18-20-63-22-24-65-26-28-66-27-25-64-23-21-62-19-17-60-15-11-44(2,3)4/h32,47H,1,11-31,33-36H2,2-10H3,(H,48,56)(H,49,57)(H,50,58)(H,51,59). The van der Waals surface area contributed by atoms with Gasteiger partial charge in [-0.15, -0.1) is 28.6 Å². The molecule has 1 heterocycles. The quantitative estimate of drug-likeness (QED) is 0.0272. The number of ether oxygens (including phenoxy) is 8. The summed E-state index contributed by atoms with van der Waals surface area (Å²) in [4.78, 5) is 53.9. The summed E-state index contributed by atoms with van der Waals surface area (Å²) in [6.45, 7) is 30.0. The van der Waals surface area contributed by atoms with Crippen molar-refractivity contribution >= 4 is 52.9 Å². The second-order valence-electron chi connectivity index (χ2n) is 18.6. The van der Waals surface area contributed by atoms with Gasteiger partial charge in [-0.1, -0.05) is 72.7 Å². The minimum atomic E-state index is -0.584. The van der Waals surface area contributed by atoms with E-state index in [2.05, 4.69) is 111 Å². The second kappa shape index (κ2) is 38.9. The number of hydrogen-bond donors (Lipinski definition) is 5. The number of nitrogens with zero attached hydrogens (tertiary/aromatic N) is 4. The molecule has 0 spiro atoms. The molecule has 0 fully saturated rings. The average molecular weight is 1040 g/mol. The van der Waals surface area contributed by atoms with Crippen molar-refractivity contribution in [2.45, 2.75) is 91.4 Å². The Morgan fingerprint density at radius 3 is 1.46 bits per heavy atom. The van der Waals surface area contributed by atoms with E-state index in [0.29, 0.717) is 116 Å². The first kappa shape index (κ1) is 64.3. The first-order valence-electron chi connectivity index (χ1n) is 23.7. The van der Waals surface area contributed by atoms with Crippen LogP contribution < -0.4 is 26.6 Å². The number of nitrogens with one attached hydrogen (secondary N) is 5. The summed E-state index contributed by atoms with van der Waals surface area (Å²) in [5.41, 5.74) is 1.70. The first-order chi connectivity index (χ1) is 33.2. The Bertz CT molecular complexity index is 1600. The first-order valence-corrected chi connectivity index (χ1v) is 25.7. The van der Waals surface area contributed by atoms with E-state index in [1.165, 1.54) is 0 Å². The van der Waals surface area contributed by atoms with Crippen LogP contribution in [0.25, 0.3) is 0 Å². The fourth-order valence-corrected chi connectivity index (χ4v) is 6.38. The number of carbonyl (C=O) groups excluding carboxylic acids is 4. The van der Waals surface area contributed by atoms with Crippen LogP contribution in [0.5, 0.6) is 0 Å². The number of rotatable bonds is 43. The van der Waals surface area contributed by atoms with Gasteiger partial charge in [0.1, 0.15) is 12.3 Å². The molecule has 0 saturated carbocycles. The van der Waals surface area contributed by atoms with Crippen molar-refractivity contribution in [1.29, 1.82) is 0 Å². The normalized spacial score (nSPS) is 11.7. The van der Waals surface area contributed by atoms with E-state index in [1.54, 1.807) is 34.4 Å². The van der Waals surface area contributed by atoms with Gasteiger partial charge in [0.25, 0.3) is 5.91 Å². The lowest BCUT2D eigenvalue weighted by atomic mass is 9.93. The van der Waals surface area contributed by atoms with Gasteiger partial charge in [0.2, 0.25) is 17.7 Å². The van der Waals surface area contributed by atoms with Crippen molar-refractivity contribution in [1.82, 2.24) is 41.6 Å². The van der Waals surface area contributed by atoms with Crippen LogP contribution in [0.3, 0.4) is 0 Å². The zero-order chi connectivity index (χ0) is 51.9. The molecule has 22 nitrogen and oxygen atoms in total. The molecule has 0 aliphatic rings. The zero-order valence-corrected chi connectivity index (χ0v) is 45.0. The van der Waals surface area contributed by atoms with Crippen LogP contribution in [0, 0.1) is 5.41 Å². The van der Waals surface area contributed by atoms with Crippen LogP contribution in [0.1, 0.15) is 74.4 Å². The van der Waals surface area contributed by atoms with Crippen molar-refractivity contribution in [2.75, 3.05) is 143 Å². The van der Waals surface area contributed by atoms with Gasteiger partial charge < -0.3 is 69.3 Å². The molecule has 24 heteroatoms. The van der Waals surface area contributed by atoms with Gasteiger partial charge >= 0.3 is 0 Å². The Morgan fingerprint density at radius 1 is 0.586 bits per heavy atom. The summed E-state index contributed by atoms with van der Waals surface area (Å²) in [7, 11) is 0. The maximum atomic E-state index is 12.2. The predicted octanol–water partition coefficient (Wildman–Crippen LogP) is 2.31. The SMILES string of the molecule is C=C(NCCNC(=O)CNC(=O)CNC(=O)CNC(=O)CON=C(CSC(C)(C)C)CSC(C)(C)C)OCc1cn(CCOCCOCCOCCOCCOCCOCCOCCC(C)(C)C)nn1. The summed E-state index contributed by atoms with van der Waals surface area (Å²) >= 11 is 3.47. The van der Waals surface area contributed by atoms with E-state index in [9.17, 15) is 19.2 Å². The van der Waals surface area contributed by atoms with Crippen molar-refractivity contribution in [3.63, 3.8) is 0 Å². The molecule has 4 amide bonds. The van der Waals surface area contributed by atoms with Gasteiger partial charge in [0.15, 0.2) is 12.5 Å². The highest BCUT2D eigenvalue weighted by Crippen LogP contribution is 2.27. The number of carbonyl (C=O) groups is 4. The van der Waals surface area contributed by atoms with Crippen LogP contribution in [-0.2, 0) is 75.1 Å². The lowest BCUT2D eigenvalue weighted by Gasteiger charge is -2.20. The second-order valence-corrected chi connectivity index (χ2v) is 22.2. The Hall–Kier alpha value is -3.75. The van der Waals surface area contributed by atoms with E-state index < -0.39 is 23.6 Å². The van der Waals surface area contributed by atoms with Crippen molar-refractivity contribution < 1.29 is 61.9 Å². The number of amides is 4. The molecule has 404 valence electrons. The summed E-state index contributed by atoms with van der Waals surface area (Å²) in [6.07, 6.45) is 2.77. The molecule has 1 aromatic rings. The van der Waals surface area contributed by atoms with Gasteiger partial charge in [-0.05, 0) is 18.4 Å². The maximum Gasteiger partial charge on any atom is 0.261 e. The molecule has 0 aliphatic carbocycles. The van der Waals surface area contributed by atoms with E-state index in [0.717, 1.165) is 18.7 Å². The third kappa shape index (κ3) is 43.1. The average Bonchev–Trinajstić information content (AvgIpc) is 3.75. The highest BCUT2D eigenvalue weighted by atomic mass is 32.2. The molecule has 0 aliphatic heterocycles. The number of aromatic nitrogens is 3. The van der Waals surface area contributed by atoms with Gasteiger partial charge in [0.05, 0.1) is 124 Å². The highest BCUT2D eigenvalue weighted by Gasteiger charge is 2.17. The molecule has 5 N–H and O–H groups in total. The monoisotopic (exact) mass is 1040 g/mol. The smallest absolute Gasteiger partial charge is 0.261 e. The molecule has 0 atom stereocenters. The lowest BCUT2D eigenvalue weighted by molar-refractivity contribution is -0.130. The Balaban J connectivity index is 1.99. The molecular formula is C46H85N9O13S2. The highest BCUT2D eigenvalue weighted by molar-refractivity contribution is 8.02. The summed E-state index contributed by atoms with van der Waals surface area (Å²) in [5, 5.41) is 25.2. The van der Waals surface area contributed by atoms with Crippen molar-refractivity contribution in [2.24, 2.45) is 10.6 Å². The van der Waals surface area contributed by atoms with Crippen LogP contribution in [0.2, 0.25) is 0 Å². The van der Waals surface area contributed by atoms with Crippen LogP contribution >= 0.6 is 23.5 Å². The van der Waals surface area contributed by atoms with E-state index in [4.69, 9.17) is 42.7 Å². The fraction of sp³-hybridized carbons (Fsp3) is 0.804. The van der Waals surface area contributed by atoms with Gasteiger partial charge in [-0.3, -0.25) is 19.2 Å². The van der Waals surface area contributed by atoms with E-state index in [1.807, 2.05) is 0 Å². The third-order valence-corrected chi connectivity index (χ3v) is 11.2. The molecule has 1 rings (SSSR count). The molecule has 0 saturated heterocycles. The van der Waals surface area contributed by atoms with E-state index >= 15 is 0 Å². The summed E-state index contributed by atoms with van der Waals surface area (Å²) < 4.78 is 46.1. The van der Waals surface area contributed by atoms with Crippen molar-refractivity contribution in [3.8, 4) is 0 Å². The van der Waals surface area contributed by atoms with Crippen molar-refractivity contribution in [3.05, 3.63) is 24.4 Å². The minimum absolute atomic E-state index is 0.0470. The topological polar surface area (TPSA) is 255 Å².